The van der Waals surface area contributed by atoms with Gasteiger partial charge in [0.25, 0.3) is 16.2 Å². The lowest BCUT2D eigenvalue weighted by molar-refractivity contribution is -0.274. The number of hydrogen-bond donors (Lipinski definition) is 0. The zero-order chi connectivity index (χ0) is 20.1. The first-order chi connectivity index (χ1) is 12.7. The van der Waals surface area contributed by atoms with Gasteiger partial charge in [-0.25, -0.2) is 17.6 Å². The largest absolute Gasteiger partial charge is 0.366 e. The summed E-state index contributed by atoms with van der Waals surface area (Å²) in [4.78, 5) is 0. The fraction of sp³-hybridized carbons (Fsp3) is 0.368. The molecule has 0 atom stereocenters. The van der Waals surface area contributed by atoms with Crippen molar-refractivity contribution in [3.05, 3.63) is 53.6 Å². The van der Waals surface area contributed by atoms with Gasteiger partial charge >= 0.3 is 0 Å². The molecule has 2 rings (SSSR count). The fourth-order valence-electron chi connectivity index (χ4n) is 2.15. The molecule has 8 heteroatoms. The molecule has 3 nitrogen and oxygen atoms in total. The van der Waals surface area contributed by atoms with Gasteiger partial charge in [0, 0.05) is 5.56 Å². The Morgan fingerprint density at radius 3 is 1.85 bits per heavy atom. The molecule has 0 aromatic heterocycles. The van der Waals surface area contributed by atoms with E-state index in [1.165, 1.54) is 12.1 Å². The molecule has 2 aromatic carbocycles. The molecule has 0 saturated carbocycles. The van der Waals surface area contributed by atoms with Crippen LogP contribution in [0.25, 0.3) is 11.1 Å². The van der Waals surface area contributed by atoms with E-state index in [0.29, 0.717) is 6.07 Å². The summed E-state index contributed by atoms with van der Waals surface area (Å²) in [6.45, 7) is 6.59. The highest BCUT2D eigenvalue weighted by Gasteiger charge is 2.20. The lowest BCUT2D eigenvalue weighted by Gasteiger charge is -2.22. The van der Waals surface area contributed by atoms with Gasteiger partial charge in [0.2, 0.25) is 0 Å². The van der Waals surface area contributed by atoms with Crippen molar-refractivity contribution >= 4 is 14.9 Å². The number of benzene rings is 2. The average Bonchev–Trinajstić information content (AvgIpc) is 2.60. The molecule has 0 aliphatic rings. The highest BCUT2D eigenvalue weighted by atomic mass is 28.2. The van der Waals surface area contributed by atoms with E-state index in [2.05, 4.69) is 0 Å². The van der Waals surface area contributed by atoms with Crippen LogP contribution in [0.3, 0.4) is 0 Å². The van der Waals surface area contributed by atoms with E-state index >= 15 is 0 Å². The number of halogens is 4. The molecule has 0 N–H and O–H groups in total. The third kappa shape index (κ3) is 5.87. The van der Waals surface area contributed by atoms with Crippen molar-refractivity contribution in [2.75, 3.05) is 0 Å². The first-order valence-corrected chi connectivity index (χ1v) is 9.25. The van der Waals surface area contributed by atoms with Gasteiger partial charge in [-0.3, -0.25) is 0 Å². The smallest absolute Gasteiger partial charge is 0.275 e. The van der Waals surface area contributed by atoms with Crippen molar-refractivity contribution in [2.45, 2.75) is 46.4 Å². The molecular formula is C19H20F4O3Si. The average molecular weight is 400 g/mol. The van der Waals surface area contributed by atoms with Crippen LogP contribution in [-0.4, -0.2) is 28.4 Å². The highest BCUT2D eigenvalue weighted by Crippen LogP contribution is 2.27. The standard InChI is InChI=1S/C19H20F4O3Si/c1-10(2)24-19(25-11(3)4)26-27-13-7-5-12(6-8-13)14-9-15(20)17(22)18(23)16(14)21/h5-11,19H,1-4H3. The van der Waals surface area contributed by atoms with Crippen molar-refractivity contribution in [3.63, 3.8) is 0 Å². The fourth-order valence-corrected chi connectivity index (χ4v) is 2.80. The number of rotatable bonds is 8. The Bertz CT molecular complexity index is 757. The van der Waals surface area contributed by atoms with Crippen LogP contribution in [0.4, 0.5) is 17.6 Å². The number of ether oxygens (including phenoxy) is 2. The molecule has 0 saturated heterocycles. The van der Waals surface area contributed by atoms with E-state index in [9.17, 15) is 17.6 Å². The Morgan fingerprint density at radius 1 is 0.778 bits per heavy atom. The monoisotopic (exact) mass is 400 g/mol. The summed E-state index contributed by atoms with van der Waals surface area (Å²) in [5.41, 5.74) is -0.140. The summed E-state index contributed by atoms with van der Waals surface area (Å²) < 4.78 is 70.4. The van der Waals surface area contributed by atoms with E-state index < -0.39 is 29.7 Å². The summed E-state index contributed by atoms with van der Waals surface area (Å²) in [6, 6.07) is 6.82. The van der Waals surface area contributed by atoms with Gasteiger partial charge in [-0.15, -0.1) is 0 Å². The summed E-state index contributed by atoms with van der Waals surface area (Å²) in [6.07, 6.45) is -0.181. The molecule has 0 bridgehead atoms. The van der Waals surface area contributed by atoms with Gasteiger partial charge in [-0.1, -0.05) is 24.3 Å². The summed E-state index contributed by atoms with van der Waals surface area (Å²) >= 11 is 0. The van der Waals surface area contributed by atoms with Crippen molar-refractivity contribution in [3.8, 4) is 11.1 Å². The van der Waals surface area contributed by atoms with E-state index in [0.717, 1.165) is 5.19 Å². The minimum atomic E-state index is -1.83. The van der Waals surface area contributed by atoms with Gasteiger partial charge in [0.1, 0.15) is 0 Å². The lowest BCUT2D eigenvalue weighted by atomic mass is 10.0. The molecule has 0 spiro atoms. The van der Waals surface area contributed by atoms with Crippen molar-refractivity contribution < 1.29 is 31.5 Å². The Morgan fingerprint density at radius 2 is 1.33 bits per heavy atom. The Labute approximate surface area is 158 Å². The second kappa shape index (κ2) is 9.45. The maximum absolute atomic E-state index is 13.9. The Kier molecular flexibility index (Phi) is 7.55. The van der Waals surface area contributed by atoms with Crippen LogP contribution in [0.15, 0.2) is 30.3 Å². The molecule has 0 heterocycles. The first-order valence-electron chi connectivity index (χ1n) is 8.35. The van der Waals surface area contributed by atoms with Crippen molar-refractivity contribution in [1.82, 2.24) is 0 Å². The van der Waals surface area contributed by atoms with Gasteiger partial charge in [-0.05, 0) is 44.5 Å². The molecule has 2 aromatic rings. The molecule has 2 radical (unpaired) electrons. The van der Waals surface area contributed by atoms with Crippen molar-refractivity contribution in [1.29, 1.82) is 0 Å². The summed E-state index contributed by atoms with van der Waals surface area (Å²) in [5.74, 6) is -6.54. The summed E-state index contributed by atoms with van der Waals surface area (Å²) in [7, 11) is -0.123. The molecular weight excluding hydrogens is 380 g/mol. The first kappa shape index (κ1) is 21.6. The Hall–Kier alpha value is -1.74. The predicted octanol–water partition coefficient (Wildman–Crippen LogP) is 4.30. The van der Waals surface area contributed by atoms with Crippen LogP contribution in [0.2, 0.25) is 0 Å². The lowest BCUT2D eigenvalue weighted by Crippen LogP contribution is -2.32. The molecule has 27 heavy (non-hydrogen) atoms. The quantitative estimate of drug-likeness (QED) is 0.217. The van der Waals surface area contributed by atoms with E-state index in [1.807, 2.05) is 27.7 Å². The zero-order valence-electron chi connectivity index (χ0n) is 15.4. The number of hydrogen-bond acceptors (Lipinski definition) is 3. The second-order valence-corrected chi connectivity index (χ2v) is 7.32. The van der Waals surface area contributed by atoms with Gasteiger partial charge in [0.05, 0.1) is 12.2 Å². The van der Waals surface area contributed by atoms with E-state index in [4.69, 9.17) is 13.9 Å². The molecule has 0 fully saturated rings. The molecule has 0 aliphatic heterocycles. The third-order valence-electron chi connectivity index (χ3n) is 3.34. The molecule has 0 aliphatic carbocycles. The van der Waals surface area contributed by atoms with Crippen LogP contribution in [0.1, 0.15) is 27.7 Å². The highest BCUT2D eigenvalue weighted by molar-refractivity contribution is 6.46. The Balaban J connectivity index is 2.11. The SMILES string of the molecule is CC(C)OC(O[Si]c1ccc(-c2cc(F)c(F)c(F)c2F)cc1)OC(C)C. The second-order valence-electron chi connectivity index (χ2n) is 6.30. The van der Waals surface area contributed by atoms with Crippen LogP contribution < -0.4 is 5.19 Å². The van der Waals surface area contributed by atoms with Crippen LogP contribution in [0.5, 0.6) is 0 Å². The molecule has 146 valence electrons. The maximum atomic E-state index is 13.9. The van der Waals surface area contributed by atoms with Gasteiger partial charge in [0.15, 0.2) is 23.3 Å². The normalized spacial score (nSPS) is 11.8. The van der Waals surface area contributed by atoms with Gasteiger partial charge in [-0.2, -0.15) is 0 Å². The zero-order valence-corrected chi connectivity index (χ0v) is 16.4. The van der Waals surface area contributed by atoms with E-state index in [1.54, 1.807) is 12.1 Å². The van der Waals surface area contributed by atoms with Gasteiger partial charge < -0.3 is 13.9 Å². The molecule has 0 amide bonds. The van der Waals surface area contributed by atoms with Crippen LogP contribution in [0, 0.1) is 23.3 Å². The summed E-state index contributed by atoms with van der Waals surface area (Å²) in [5, 5.41) is 0.743. The predicted molar refractivity (Wildman–Crippen MR) is 94.4 cm³/mol. The van der Waals surface area contributed by atoms with Crippen LogP contribution in [-0.2, 0) is 13.9 Å². The van der Waals surface area contributed by atoms with Crippen molar-refractivity contribution in [2.24, 2.45) is 0 Å². The molecule has 0 unspecified atom stereocenters. The van der Waals surface area contributed by atoms with Crippen LogP contribution >= 0.6 is 0 Å². The maximum Gasteiger partial charge on any atom is 0.275 e. The topological polar surface area (TPSA) is 27.7 Å². The minimum absolute atomic E-state index is 0.0906. The third-order valence-corrected chi connectivity index (χ3v) is 4.22. The van der Waals surface area contributed by atoms with E-state index in [-0.39, 0.29) is 33.1 Å². The minimum Gasteiger partial charge on any atom is -0.366 e.